The number of rotatable bonds is 8. The molecule has 0 saturated carbocycles. The zero-order valence-electron chi connectivity index (χ0n) is 23.7. The number of carbonyl (C=O) groups excluding carboxylic acids is 2. The summed E-state index contributed by atoms with van der Waals surface area (Å²) in [4.78, 5) is 43.1. The van der Waals surface area contributed by atoms with Gasteiger partial charge < -0.3 is 20.1 Å². The smallest absolute Gasteiger partial charge is 0.408 e. The number of alkyl carbamates (subject to hydrolysis) is 1. The molecule has 3 aliphatic rings. The summed E-state index contributed by atoms with van der Waals surface area (Å²) in [5.74, 6) is -1.20. The van der Waals surface area contributed by atoms with Gasteiger partial charge >= 0.3 is 12.1 Å². The Morgan fingerprint density at radius 2 is 1.48 bits per heavy atom. The summed E-state index contributed by atoms with van der Waals surface area (Å²) in [5.41, 5.74) is 4.61. The third kappa shape index (κ3) is 5.63. The maximum absolute atomic E-state index is 14.1. The van der Waals surface area contributed by atoms with E-state index >= 15 is 0 Å². The Bertz CT molecular complexity index is 1400. The summed E-state index contributed by atoms with van der Waals surface area (Å²) in [5, 5.41) is 12.5. The second-order valence-corrected chi connectivity index (χ2v) is 11.7. The number of carbonyl (C=O) groups is 3. The number of carboxylic acids is 1. The Hall–Kier alpha value is -4.17. The Kier molecular flexibility index (Phi) is 7.98. The van der Waals surface area contributed by atoms with E-state index in [1.165, 1.54) is 5.56 Å². The van der Waals surface area contributed by atoms with E-state index in [-0.39, 0.29) is 30.9 Å². The van der Waals surface area contributed by atoms with Crippen LogP contribution in [0.5, 0.6) is 0 Å². The molecule has 1 atom stereocenters. The van der Waals surface area contributed by atoms with Crippen LogP contribution >= 0.6 is 0 Å². The highest BCUT2D eigenvalue weighted by atomic mass is 16.5. The highest BCUT2D eigenvalue weighted by Gasteiger charge is 2.48. The molecule has 8 nitrogen and oxygen atoms in total. The van der Waals surface area contributed by atoms with E-state index in [4.69, 9.17) is 4.74 Å². The van der Waals surface area contributed by atoms with Gasteiger partial charge in [-0.3, -0.25) is 14.5 Å². The zero-order chi connectivity index (χ0) is 29.1. The number of hydrogen-bond donors (Lipinski definition) is 2. The average Bonchev–Trinajstić information content (AvgIpc) is 3.59. The molecule has 1 aliphatic carbocycles. The first-order valence-electron chi connectivity index (χ1n) is 14.9. The molecule has 2 N–H and O–H groups in total. The Balaban J connectivity index is 1.18. The fraction of sp³-hybridized carbons (Fsp3) is 0.382. The number of carboxylic acid groups (broad SMARTS) is 1. The van der Waals surface area contributed by atoms with Crippen molar-refractivity contribution in [3.63, 3.8) is 0 Å². The molecular weight excluding hydrogens is 530 g/mol. The molecular formula is C34H37N3O5. The average molecular weight is 568 g/mol. The summed E-state index contributed by atoms with van der Waals surface area (Å²) < 4.78 is 5.87. The first kappa shape index (κ1) is 28.0. The molecule has 42 heavy (non-hydrogen) atoms. The van der Waals surface area contributed by atoms with Crippen molar-refractivity contribution in [1.29, 1.82) is 0 Å². The number of fused-ring (bicyclic) bond motifs is 3. The van der Waals surface area contributed by atoms with Gasteiger partial charge in [-0.1, -0.05) is 78.9 Å². The van der Waals surface area contributed by atoms with Crippen LogP contribution in [0.2, 0.25) is 0 Å². The minimum absolute atomic E-state index is 0.0824. The topological polar surface area (TPSA) is 99.2 Å². The van der Waals surface area contributed by atoms with Crippen LogP contribution in [-0.2, 0) is 20.9 Å². The van der Waals surface area contributed by atoms with Crippen LogP contribution in [0, 0.1) is 0 Å². The molecule has 0 radical (unpaired) electrons. The Morgan fingerprint density at radius 1 is 0.857 bits per heavy atom. The van der Waals surface area contributed by atoms with Gasteiger partial charge in [0.2, 0.25) is 5.91 Å². The maximum atomic E-state index is 14.1. The predicted molar refractivity (Wildman–Crippen MR) is 159 cm³/mol. The molecule has 8 heteroatoms. The predicted octanol–water partition coefficient (Wildman–Crippen LogP) is 5.03. The van der Waals surface area contributed by atoms with Crippen LogP contribution in [0.25, 0.3) is 11.1 Å². The summed E-state index contributed by atoms with van der Waals surface area (Å²) in [6.45, 7) is 2.68. The minimum Gasteiger partial charge on any atom is -0.481 e. The van der Waals surface area contributed by atoms with Crippen molar-refractivity contribution in [3.05, 3.63) is 95.6 Å². The van der Waals surface area contributed by atoms with Gasteiger partial charge in [0.05, 0.1) is 6.42 Å². The van der Waals surface area contributed by atoms with Gasteiger partial charge in [0.15, 0.2) is 0 Å². The second-order valence-electron chi connectivity index (χ2n) is 11.7. The Morgan fingerprint density at radius 3 is 2.12 bits per heavy atom. The van der Waals surface area contributed by atoms with Gasteiger partial charge in [0, 0.05) is 38.1 Å². The maximum Gasteiger partial charge on any atom is 0.408 e. The molecule has 2 saturated heterocycles. The molecule has 0 unspecified atom stereocenters. The molecule has 0 aromatic heterocycles. The summed E-state index contributed by atoms with van der Waals surface area (Å²) >= 11 is 0. The van der Waals surface area contributed by atoms with Gasteiger partial charge in [-0.2, -0.15) is 0 Å². The summed E-state index contributed by atoms with van der Waals surface area (Å²) in [6, 6.07) is 26.2. The summed E-state index contributed by atoms with van der Waals surface area (Å²) in [6.07, 6.45) is 1.56. The lowest BCUT2D eigenvalue weighted by atomic mass is 9.85. The van der Waals surface area contributed by atoms with E-state index in [9.17, 15) is 19.5 Å². The van der Waals surface area contributed by atoms with Gasteiger partial charge in [-0.25, -0.2) is 4.79 Å². The van der Waals surface area contributed by atoms with Crippen LogP contribution in [0.3, 0.4) is 0 Å². The number of piperidine rings is 1. The van der Waals surface area contributed by atoms with Crippen LogP contribution < -0.4 is 5.32 Å². The molecule has 218 valence electrons. The van der Waals surface area contributed by atoms with E-state index in [0.717, 1.165) is 35.2 Å². The molecule has 2 amide bonds. The van der Waals surface area contributed by atoms with Crippen molar-refractivity contribution in [3.8, 4) is 11.1 Å². The molecule has 0 bridgehead atoms. The molecule has 2 fully saturated rings. The third-order valence-electron chi connectivity index (χ3n) is 9.10. The van der Waals surface area contributed by atoms with E-state index in [1.807, 2.05) is 42.5 Å². The molecule has 6 rings (SSSR count). The highest BCUT2D eigenvalue weighted by Crippen LogP contribution is 2.44. The van der Waals surface area contributed by atoms with E-state index in [1.54, 1.807) is 4.90 Å². The highest BCUT2D eigenvalue weighted by molar-refractivity contribution is 5.91. The fourth-order valence-electron chi connectivity index (χ4n) is 6.95. The number of nitrogens with zero attached hydrogens (tertiary/aromatic N) is 2. The normalized spacial score (nSPS) is 19.6. The van der Waals surface area contributed by atoms with Crippen molar-refractivity contribution in [2.75, 3.05) is 26.2 Å². The molecule has 3 aromatic carbocycles. The quantitative estimate of drug-likeness (QED) is 0.396. The van der Waals surface area contributed by atoms with Crippen LogP contribution in [0.15, 0.2) is 78.9 Å². The number of hydrogen-bond acceptors (Lipinski definition) is 5. The minimum atomic E-state index is -1.14. The zero-order valence-corrected chi connectivity index (χ0v) is 23.7. The monoisotopic (exact) mass is 567 g/mol. The lowest BCUT2D eigenvalue weighted by molar-refractivity contribution is -0.144. The summed E-state index contributed by atoms with van der Waals surface area (Å²) in [7, 11) is 0. The number of aliphatic carboxylic acids is 1. The van der Waals surface area contributed by atoms with Gasteiger partial charge in [0.1, 0.15) is 12.1 Å². The molecule has 2 aliphatic heterocycles. The van der Waals surface area contributed by atoms with Gasteiger partial charge in [-0.05, 0) is 53.5 Å². The van der Waals surface area contributed by atoms with Gasteiger partial charge in [-0.15, -0.1) is 0 Å². The SMILES string of the molecule is O=C(O)C[C@H]1CCCN1C(=O)C1(NC(=O)OCC2c3ccccc3-c3ccccc32)CCN(Cc2ccccc2)CC1. The lowest BCUT2D eigenvalue weighted by Gasteiger charge is -2.43. The number of ether oxygens (including phenoxy) is 1. The standard InChI is InChI=1S/C34H37N3O5/c38-31(39)21-25-11-8-18-37(25)32(40)34(16-19-36(20-17-34)22-24-9-2-1-3-10-24)35-33(41)42-23-30-28-14-6-4-12-26(28)27-13-5-7-15-29(27)30/h1-7,9-10,12-15,25,30H,8,11,16-23H2,(H,35,41)(H,38,39)/t25-/m1/s1. The van der Waals surface area contributed by atoms with Gasteiger partial charge in [0.25, 0.3) is 0 Å². The Labute approximate surface area is 246 Å². The van der Waals surface area contributed by atoms with Crippen LogP contribution in [0.1, 0.15) is 54.7 Å². The van der Waals surface area contributed by atoms with Crippen LogP contribution in [0.4, 0.5) is 4.79 Å². The fourth-order valence-corrected chi connectivity index (χ4v) is 6.95. The third-order valence-corrected chi connectivity index (χ3v) is 9.10. The van der Waals surface area contributed by atoms with E-state index < -0.39 is 17.6 Å². The molecule has 3 aromatic rings. The number of amides is 2. The van der Waals surface area contributed by atoms with Crippen LogP contribution in [-0.4, -0.2) is 70.7 Å². The van der Waals surface area contributed by atoms with Crippen molar-refractivity contribution in [1.82, 2.24) is 15.1 Å². The first-order valence-corrected chi connectivity index (χ1v) is 14.9. The lowest BCUT2D eigenvalue weighted by Crippen LogP contribution is -2.64. The second kappa shape index (κ2) is 12.0. The largest absolute Gasteiger partial charge is 0.481 e. The number of nitrogens with one attached hydrogen (secondary N) is 1. The van der Waals surface area contributed by atoms with Crippen molar-refractivity contribution >= 4 is 18.0 Å². The van der Waals surface area contributed by atoms with Crippen molar-refractivity contribution in [2.24, 2.45) is 0 Å². The number of benzene rings is 3. The molecule has 0 spiro atoms. The van der Waals surface area contributed by atoms with E-state index in [0.29, 0.717) is 38.9 Å². The van der Waals surface area contributed by atoms with E-state index in [2.05, 4.69) is 46.6 Å². The van der Waals surface area contributed by atoms with Crippen molar-refractivity contribution in [2.45, 2.75) is 56.1 Å². The molecule has 2 heterocycles. The first-order chi connectivity index (χ1) is 20.4. The van der Waals surface area contributed by atoms with Crippen molar-refractivity contribution < 1.29 is 24.2 Å². The number of likely N-dealkylation sites (tertiary alicyclic amines) is 2.